The molecule has 0 bridgehead atoms. The van der Waals surface area contributed by atoms with Crippen LogP contribution in [0, 0.1) is 5.82 Å². The summed E-state index contributed by atoms with van der Waals surface area (Å²) < 4.78 is 15.0. The topological polar surface area (TPSA) is 26.0 Å². The molecule has 2 rings (SSSR count). The number of hydrogen-bond acceptors (Lipinski definition) is 1. The molecule has 0 aliphatic heterocycles. The first-order valence-corrected chi connectivity index (χ1v) is 7.94. The third kappa shape index (κ3) is 3.82. The van der Waals surface area contributed by atoms with E-state index in [2.05, 4.69) is 31.9 Å². The Balaban J connectivity index is 2.34. The Labute approximate surface area is 139 Å². The molecule has 1 nitrogen and oxygen atoms in total. The Kier molecular flexibility index (Phi) is 4.90. The molecule has 0 fully saturated rings. The van der Waals surface area contributed by atoms with Crippen molar-refractivity contribution in [1.82, 2.24) is 0 Å². The predicted octanol–water partition coefficient (Wildman–Crippen LogP) is 5.42. The summed E-state index contributed by atoms with van der Waals surface area (Å²) in [7, 11) is 0. The second kappa shape index (κ2) is 6.14. The molecule has 0 spiro atoms. The van der Waals surface area contributed by atoms with Gasteiger partial charge in [0.25, 0.3) is 0 Å². The first kappa shape index (κ1) is 16.0. The molecule has 0 radical (unpaired) electrons. The highest BCUT2D eigenvalue weighted by atomic mass is 79.9. The lowest BCUT2D eigenvalue weighted by Crippen LogP contribution is -2.35. The molecule has 0 saturated carbocycles. The van der Waals surface area contributed by atoms with Gasteiger partial charge in [0, 0.05) is 19.5 Å². The monoisotopic (exact) mass is 419 g/mol. The van der Waals surface area contributed by atoms with Gasteiger partial charge in [-0.05, 0) is 54.8 Å². The smallest absolute Gasteiger partial charge is 0.124 e. The highest BCUT2D eigenvalue weighted by Gasteiger charge is 2.24. The normalized spacial score (nSPS) is 14.1. The molecule has 0 aromatic heterocycles. The van der Waals surface area contributed by atoms with Crippen LogP contribution in [0.3, 0.4) is 0 Å². The number of benzene rings is 2. The van der Waals surface area contributed by atoms with Crippen molar-refractivity contribution in [3.63, 3.8) is 0 Å². The van der Waals surface area contributed by atoms with Gasteiger partial charge in [0.15, 0.2) is 0 Å². The fraction of sp³-hybridized carbons (Fsp3) is 0.200. The fourth-order valence-electron chi connectivity index (χ4n) is 2.18. The first-order valence-electron chi connectivity index (χ1n) is 5.97. The molecule has 20 heavy (non-hydrogen) atoms. The third-order valence-corrected chi connectivity index (χ3v) is 4.30. The zero-order valence-corrected chi connectivity index (χ0v) is 14.7. The zero-order valence-electron chi connectivity index (χ0n) is 10.8. The van der Waals surface area contributed by atoms with Crippen molar-refractivity contribution in [2.24, 2.45) is 5.73 Å². The fourth-order valence-corrected chi connectivity index (χ4v) is 3.59. The Bertz CT molecular complexity index is 624. The van der Waals surface area contributed by atoms with Crippen LogP contribution in [-0.4, -0.2) is 0 Å². The van der Waals surface area contributed by atoms with Crippen LogP contribution in [0.1, 0.15) is 18.1 Å². The summed E-state index contributed by atoms with van der Waals surface area (Å²) in [6.07, 6.45) is 0.491. The van der Waals surface area contributed by atoms with Gasteiger partial charge in [0.05, 0.1) is 0 Å². The molecule has 0 saturated heterocycles. The van der Waals surface area contributed by atoms with Crippen LogP contribution in [0.4, 0.5) is 4.39 Å². The van der Waals surface area contributed by atoms with E-state index in [0.717, 1.165) is 15.6 Å². The van der Waals surface area contributed by atoms with Crippen LogP contribution in [0.5, 0.6) is 0 Å². The molecule has 0 aliphatic carbocycles. The molecular formula is C15H13Br2ClFN. The molecule has 5 heteroatoms. The van der Waals surface area contributed by atoms with E-state index in [1.165, 1.54) is 12.1 Å². The highest BCUT2D eigenvalue weighted by molar-refractivity contribution is 9.10. The van der Waals surface area contributed by atoms with Gasteiger partial charge in [-0.25, -0.2) is 4.39 Å². The first-order chi connectivity index (χ1) is 9.28. The maximum Gasteiger partial charge on any atom is 0.124 e. The van der Waals surface area contributed by atoms with Gasteiger partial charge in [-0.3, -0.25) is 0 Å². The number of rotatable bonds is 3. The van der Waals surface area contributed by atoms with E-state index >= 15 is 0 Å². The summed E-state index contributed by atoms with van der Waals surface area (Å²) in [5.74, 6) is -0.285. The van der Waals surface area contributed by atoms with Crippen LogP contribution in [0.2, 0.25) is 5.02 Å². The number of hydrogen-bond donors (Lipinski definition) is 1. The van der Waals surface area contributed by atoms with Gasteiger partial charge in [-0.1, -0.05) is 49.5 Å². The van der Waals surface area contributed by atoms with Crippen molar-refractivity contribution in [2.45, 2.75) is 18.9 Å². The largest absolute Gasteiger partial charge is 0.321 e. The molecule has 2 N–H and O–H groups in total. The van der Waals surface area contributed by atoms with Crippen LogP contribution in [0.25, 0.3) is 0 Å². The minimum atomic E-state index is -0.676. The maximum atomic E-state index is 13.4. The van der Waals surface area contributed by atoms with Crippen molar-refractivity contribution >= 4 is 43.5 Å². The van der Waals surface area contributed by atoms with E-state index in [0.29, 0.717) is 15.9 Å². The molecule has 0 aliphatic rings. The number of halogens is 4. The van der Waals surface area contributed by atoms with Gasteiger partial charge in [0.2, 0.25) is 0 Å². The van der Waals surface area contributed by atoms with Gasteiger partial charge in [-0.15, -0.1) is 0 Å². The Morgan fingerprint density at radius 1 is 1.15 bits per heavy atom. The van der Waals surface area contributed by atoms with Crippen molar-refractivity contribution in [3.8, 4) is 0 Å². The lowest BCUT2D eigenvalue weighted by Gasteiger charge is -2.27. The summed E-state index contributed by atoms with van der Waals surface area (Å²) >= 11 is 12.9. The van der Waals surface area contributed by atoms with Crippen LogP contribution in [-0.2, 0) is 12.0 Å². The van der Waals surface area contributed by atoms with E-state index in [1.807, 2.05) is 31.2 Å². The lowest BCUT2D eigenvalue weighted by molar-refractivity contribution is 0.489. The molecule has 1 unspecified atom stereocenters. The van der Waals surface area contributed by atoms with Crippen molar-refractivity contribution in [3.05, 3.63) is 67.3 Å². The lowest BCUT2D eigenvalue weighted by atomic mass is 9.86. The highest BCUT2D eigenvalue weighted by Crippen LogP contribution is 2.32. The molecule has 0 amide bonds. The summed E-state index contributed by atoms with van der Waals surface area (Å²) in [5.41, 5.74) is 7.36. The van der Waals surface area contributed by atoms with Crippen LogP contribution in [0.15, 0.2) is 45.3 Å². The van der Waals surface area contributed by atoms with Gasteiger partial charge in [-0.2, -0.15) is 0 Å². The van der Waals surface area contributed by atoms with Crippen LogP contribution >= 0.6 is 43.5 Å². The molecule has 2 aromatic rings. The van der Waals surface area contributed by atoms with Gasteiger partial charge < -0.3 is 5.73 Å². The predicted molar refractivity (Wildman–Crippen MR) is 88.5 cm³/mol. The minimum Gasteiger partial charge on any atom is -0.321 e. The van der Waals surface area contributed by atoms with E-state index in [4.69, 9.17) is 17.3 Å². The van der Waals surface area contributed by atoms with E-state index in [9.17, 15) is 4.39 Å². The average molecular weight is 422 g/mol. The second-order valence-corrected chi connectivity index (χ2v) is 7.23. The Morgan fingerprint density at radius 3 is 2.45 bits per heavy atom. The molecule has 1 atom stereocenters. The molecular weight excluding hydrogens is 408 g/mol. The molecule has 0 heterocycles. The Morgan fingerprint density at radius 2 is 1.85 bits per heavy atom. The molecule has 106 valence electrons. The van der Waals surface area contributed by atoms with Gasteiger partial charge >= 0.3 is 0 Å². The van der Waals surface area contributed by atoms with Crippen LogP contribution < -0.4 is 5.73 Å². The Hall–Kier alpha value is -0.420. The van der Waals surface area contributed by atoms with E-state index in [-0.39, 0.29) is 5.82 Å². The number of nitrogens with two attached hydrogens (primary N) is 1. The SMILES string of the molecule is CC(N)(Cc1cc(F)cc(Br)c1)c1ccc(Br)cc1Cl. The van der Waals surface area contributed by atoms with Crippen molar-refractivity contribution < 1.29 is 4.39 Å². The zero-order chi connectivity index (χ0) is 14.9. The second-order valence-electron chi connectivity index (χ2n) is 5.00. The standard InChI is InChI=1S/C15H13Br2ClFN/c1-15(20,13-3-2-10(16)7-14(13)18)8-9-4-11(17)6-12(19)5-9/h2-7H,8,20H2,1H3. The summed E-state index contributed by atoms with van der Waals surface area (Å²) in [6, 6.07) is 10.4. The van der Waals surface area contributed by atoms with Gasteiger partial charge in [0.1, 0.15) is 5.82 Å². The van der Waals surface area contributed by atoms with Crippen molar-refractivity contribution in [1.29, 1.82) is 0 Å². The summed E-state index contributed by atoms with van der Waals surface area (Å²) in [6.45, 7) is 1.89. The van der Waals surface area contributed by atoms with E-state index < -0.39 is 5.54 Å². The maximum absolute atomic E-state index is 13.4. The van der Waals surface area contributed by atoms with Crippen molar-refractivity contribution in [2.75, 3.05) is 0 Å². The molecule has 2 aromatic carbocycles. The average Bonchev–Trinajstić information content (AvgIpc) is 2.25. The van der Waals surface area contributed by atoms with E-state index in [1.54, 1.807) is 0 Å². The minimum absolute atomic E-state index is 0.285. The quantitative estimate of drug-likeness (QED) is 0.704. The summed E-state index contributed by atoms with van der Waals surface area (Å²) in [5, 5.41) is 0.597. The third-order valence-electron chi connectivity index (χ3n) is 3.04. The summed E-state index contributed by atoms with van der Waals surface area (Å²) in [4.78, 5) is 0.